The summed E-state index contributed by atoms with van der Waals surface area (Å²) in [5, 5.41) is 0. The summed E-state index contributed by atoms with van der Waals surface area (Å²) in [6.07, 6.45) is -9.97. The SMILES string of the molecule is CCCc1ccc(-c2ccc(C(F)(F)Oc3ccc(OC(F)(F)C=C(F)F)c(F)c3)cc2)cc1. The lowest BCUT2D eigenvalue weighted by Crippen LogP contribution is -2.23. The molecule has 0 heterocycles. The van der Waals surface area contributed by atoms with Crippen molar-refractivity contribution in [1.82, 2.24) is 0 Å². The van der Waals surface area contributed by atoms with Crippen molar-refractivity contribution in [3.05, 3.63) is 95.8 Å². The van der Waals surface area contributed by atoms with E-state index in [0.717, 1.165) is 36.6 Å². The summed E-state index contributed by atoms with van der Waals surface area (Å²) < 4.78 is 102. The number of aryl methyl sites for hydroxylation is 1. The Kier molecular flexibility index (Phi) is 7.54. The van der Waals surface area contributed by atoms with Crippen LogP contribution in [0.25, 0.3) is 11.1 Å². The van der Waals surface area contributed by atoms with E-state index in [1.807, 2.05) is 24.3 Å². The molecule has 180 valence electrons. The topological polar surface area (TPSA) is 18.5 Å². The van der Waals surface area contributed by atoms with E-state index in [1.54, 1.807) is 0 Å². The van der Waals surface area contributed by atoms with Crippen molar-refractivity contribution in [1.29, 1.82) is 0 Å². The molecular formula is C25H19F7O2. The first-order chi connectivity index (χ1) is 16.0. The summed E-state index contributed by atoms with van der Waals surface area (Å²) in [5.74, 6) is -3.30. The number of hydrogen-bond acceptors (Lipinski definition) is 2. The molecule has 34 heavy (non-hydrogen) atoms. The number of hydrogen-bond donors (Lipinski definition) is 0. The molecule has 3 rings (SSSR count). The fraction of sp³-hybridized carbons (Fsp3) is 0.200. The molecule has 0 amide bonds. The first kappa shape index (κ1) is 25.1. The van der Waals surface area contributed by atoms with Gasteiger partial charge in [0, 0.05) is 6.07 Å². The fourth-order valence-electron chi connectivity index (χ4n) is 3.15. The van der Waals surface area contributed by atoms with Gasteiger partial charge >= 0.3 is 12.2 Å². The summed E-state index contributed by atoms with van der Waals surface area (Å²) in [6.45, 7) is 2.07. The maximum absolute atomic E-state index is 14.6. The van der Waals surface area contributed by atoms with Gasteiger partial charge in [-0.05, 0) is 47.4 Å². The Balaban J connectivity index is 1.73. The second kappa shape index (κ2) is 10.2. The van der Waals surface area contributed by atoms with Gasteiger partial charge < -0.3 is 9.47 Å². The van der Waals surface area contributed by atoms with Crippen LogP contribution >= 0.6 is 0 Å². The molecule has 0 radical (unpaired) electrons. The largest absolute Gasteiger partial charge is 0.429 e. The minimum Gasteiger partial charge on any atom is -0.429 e. The lowest BCUT2D eigenvalue weighted by atomic mass is 10.0. The van der Waals surface area contributed by atoms with Crippen molar-refractivity contribution in [2.24, 2.45) is 0 Å². The Morgan fingerprint density at radius 3 is 1.94 bits per heavy atom. The zero-order valence-corrected chi connectivity index (χ0v) is 17.8. The smallest absolute Gasteiger partial charge is 0.426 e. The van der Waals surface area contributed by atoms with E-state index in [4.69, 9.17) is 0 Å². The van der Waals surface area contributed by atoms with Crippen LogP contribution in [0.15, 0.2) is 78.9 Å². The number of rotatable bonds is 9. The zero-order valence-electron chi connectivity index (χ0n) is 17.8. The highest BCUT2D eigenvalue weighted by atomic mass is 19.3. The Morgan fingerprint density at radius 1 is 0.824 bits per heavy atom. The first-order valence-corrected chi connectivity index (χ1v) is 10.2. The predicted octanol–water partition coefficient (Wildman–Crippen LogP) is 8.33. The average Bonchev–Trinajstić information content (AvgIpc) is 2.75. The van der Waals surface area contributed by atoms with Crippen molar-refractivity contribution in [3.8, 4) is 22.6 Å². The van der Waals surface area contributed by atoms with Crippen LogP contribution in [0.1, 0.15) is 24.5 Å². The van der Waals surface area contributed by atoms with Crippen molar-refractivity contribution < 1.29 is 40.2 Å². The maximum Gasteiger partial charge on any atom is 0.426 e. The van der Waals surface area contributed by atoms with Gasteiger partial charge in [0.25, 0.3) is 6.08 Å². The van der Waals surface area contributed by atoms with Gasteiger partial charge in [-0.1, -0.05) is 49.7 Å². The molecule has 0 fully saturated rings. The number of alkyl halides is 4. The molecule has 0 aromatic heterocycles. The van der Waals surface area contributed by atoms with E-state index >= 15 is 0 Å². The van der Waals surface area contributed by atoms with Crippen molar-refractivity contribution in [2.45, 2.75) is 32.0 Å². The van der Waals surface area contributed by atoms with Crippen LogP contribution in [-0.2, 0) is 12.5 Å². The Labute approximate surface area is 191 Å². The molecular weight excluding hydrogens is 465 g/mol. The predicted molar refractivity (Wildman–Crippen MR) is 113 cm³/mol. The van der Waals surface area contributed by atoms with Gasteiger partial charge in [0.1, 0.15) is 5.75 Å². The van der Waals surface area contributed by atoms with Crippen LogP contribution in [0.5, 0.6) is 11.5 Å². The standard InChI is InChI=1S/C25H19F7O2/c1-2-3-16-4-6-17(7-5-16)18-8-10-19(11-9-18)25(31,32)33-20-12-13-22(21(26)14-20)34-24(29,30)15-23(27)28/h4-15H,2-3H2,1H3. The van der Waals surface area contributed by atoms with Crippen LogP contribution in [0.4, 0.5) is 30.7 Å². The second-order valence-corrected chi connectivity index (χ2v) is 7.33. The van der Waals surface area contributed by atoms with Crippen molar-refractivity contribution in [3.63, 3.8) is 0 Å². The monoisotopic (exact) mass is 484 g/mol. The lowest BCUT2D eigenvalue weighted by Gasteiger charge is -2.19. The minimum absolute atomic E-state index is 0.390. The summed E-state index contributed by atoms with van der Waals surface area (Å²) in [4.78, 5) is 0. The average molecular weight is 484 g/mol. The van der Waals surface area contributed by atoms with Crippen LogP contribution in [0.3, 0.4) is 0 Å². The molecule has 0 aliphatic heterocycles. The highest BCUT2D eigenvalue weighted by Crippen LogP contribution is 2.35. The van der Waals surface area contributed by atoms with Gasteiger partial charge in [0.2, 0.25) is 0 Å². The highest BCUT2D eigenvalue weighted by molar-refractivity contribution is 5.64. The maximum atomic E-state index is 14.6. The van der Waals surface area contributed by atoms with Gasteiger partial charge in [0.15, 0.2) is 11.6 Å². The number of ether oxygens (including phenoxy) is 2. The van der Waals surface area contributed by atoms with E-state index in [1.165, 1.54) is 17.7 Å². The third kappa shape index (κ3) is 6.52. The van der Waals surface area contributed by atoms with Gasteiger partial charge in [-0.25, -0.2) is 4.39 Å². The lowest BCUT2D eigenvalue weighted by molar-refractivity contribution is -0.185. The zero-order chi connectivity index (χ0) is 24.9. The third-order valence-corrected chi connectivity index (χ3v) is 4.72. The number of halogens is 7. The van der Waals surface area contributed by atoms with Crippen LogP contribution < -0.4 is 9.47 Å². The van der Waals surface area contributed by atoms with Crippen molar-refractivity contribution in [2.75, 3.05) is 0 Å². The molecule has 0 atom stereocenters. The molecule has 0 spiro atoms. The van der Waals surface area contributed by atoms with Gasteiger partial charge in [0.05, 0.1) is 11.6 Å². The number of benzene rings is 3. The van der Waals surface area contributed by atoms with E-state index in [2.05, 4.69) is 16.4 Å². The van der Waals surface area contributed by atoms with Crippen LogP contribution in [-0.4, -0.2) is 6.11 Å². The molecule has 9 heteroatoms. The minimum atomic E-state index is -4.50. The third-order valence-electron chi connectivity index (χ3n) is 4.72. The van der Waals surface area contributed by atoms with Crippen LogP contribution in [0, 0.1) is 5.82 Å². The molecule has 0 bridgehead atoms. The summed E-state index contributed by atoms with van der Waals surface area (Å²) in [6, 6.07) is 14.7. The molecule has 0 saturated carbocycles. The normalized spacial score (nSPS) is 11.8. The van der Waals surface area contributed by atoms with Crippen molar-refractivity contribution >= 4 is 0 Å². The molecule has 0 saturated heterocycles. The van der Waals surface area contributed by atoms with E-state index in [-0.39, 0.29) is 0 Å². The summed E-state index contributed by atoms with van der Waals surface area (Å²) in [5.41, 5.74) is 2.19. The van der Waals surface area contributed by atoms with Gasteiger partial charge in [-0.2, -0.15) is 26.3 Å². The van der Waals surface area contributed by atoms with Gasteiger partial charge in [-0.15, -0.1) is 0 Å². The van der Waals surface area contributed by atoms with E-state index in [9.17, 15) is 30.7 Å². The molecule has 2 nitrogen and oxygen atoms in total. The summed E-state index contributed by atoms with van der Waals surface area (Å²) in [7, 11) is 0. The molecule has 0 unspecified atom stereocenters. The molecule has 0 N–H and O–H groups in total. The fourth-order valence-corrected chi connectivity index (χ4v) is 3.15. The quantitative estimate of drug-likeness (QED) is 0.284. The highest BCUT2D eigenvalue weighted by Gasteiger charge is 2.35. The van der Waals surface area contributed by atoms with Crippen LogP contribution in [0.2, 0.25) is 0 Å². The van der Waals surface area contributed by atoms with E-state index < -0.39 is 47.3 Å². The summed E-state index contributed by atoms with van der Waals surface area (Å²) >= 11 is 0. The second-order valence-electron chi connectivity index (χ2n) is 7.33. The van der Waals surface area contributed by atoms with E-state index in [0.29, 0.717) is 17.7 Å². The Hall–Kier alpha value is -3.49. The molecule has 3 aromatic rings. The Bertz CT molecular complexity index is 1140. The Morgan fingerprint density at radius 2 is 1.41 bits per heavy atom. The molecule has 0 aliphatic rings. The molecule has 3 aromatic carbocycles. The van der Waals surface area contributed by atoms with Gasteiger partial charge in [-0.3, -0.25) is 0 Å². The first-order valence-electron chi connectivity index (χ1n) is 10.2. The molecule has 0 aliphatic carbocycles.